The highest BCUT2D eigenvalue weighted by Gasteiger charge is 2.18. The topological polar surface area (TPSA) is 12.5 Å². The van der Waals surface area contributed by atoms with Gasteiger partial charge in [-0.1, -0.05) is 0 Å². The summed E-state index contributed by atoms with van der Waals surface area (Å²) in [6, 6.07) is 2.76. The number of rotatable bonds is 2. The summed E-state index contributed by atoms with van der Waals surface area (Å²) in [7, 11) is 0. The van der Waals surface area contributed by atoms with Gasteiger partial charge in [0.25, 0.3) is 0 Å². The molecule has 1 aliphatic rings. The average Bonchev–Trinajstić information content (AvgIpc) is 2.71. The van der Waals surface area contributed by atoms with Gasteiger partial charge in [0.05, 0.1) is 13.2 Å². The molecular weight excluding hydrogens is 182 g/mol. The maximum atomic E-state index is 5.33. The maximum Gasteiger partial charge on any atom is 0.0594 e. The molecule has 1 atom stereocenters. The third-order valence-corrected chi connectivity index (χ3v) is 3.32. The molecule has 0 N–H and O–H groups in total. The zero-order valence-corrected chi connectivity index (χ0v) is 8.72. The largest absolute Gasteiger partial charge is 0.379 e. The first-order valence-corrected chi connectivity index (χ1v) is 5.66. The molecule has 72 valence electrons. The zero-order chi connectivity index (χ0) is 9.10. The molecule has 3 heteroatoms. The minimum Gasteiger partial charge on any atom is -0.379 e. The van der Waals surface area contributed by atoms with Gasteiger partial charge in [0, 0.05) is 19.1 Å². The van der Waals surface area contributed by atoms with Crippen molar-refractivity contribution in [3.8, 4) is 0 Å². The fourth-order valence-corrected chi connectivity index (χ4v) is 2.44. The van der Waals surface area contributed by atoms with Gasteiger partial charge in [-0.3, -0.25) is 4.90 Å². The number of nitrogens with zero attached hydrogens (tertiary/aromatic N) is 1. The van der Waals surface area contributed by atoms with E-state index in [9.17, 15) is 0 Å². The van der Waals surface area contributed by atoms with E-state index in [0.29, 0.717) is 6.04 Å². The van der Waals surface area contributed by atoms with Gasteiger partial charge in [-0.15, -0.1) is 0 Å². The van der Waals surface area contributed by atoms with Crippen LogP contribution in [0.5, 0.6) is 0 Å². The molecule has 0 bridgehead atoms. The predicted octanol–water partition coefficient (Wildman–Crippen LogP) is 2.14. The Labute approximate surface area is 83.1 Å². The molecule has 1 aliphatic heterocycles. The lowest BCUT2D eigenvalue weighted by Crippen LogP contribution is -2.37. The summed E-state index contributed by atoms with van der Waals surface area (Å²) in [5.41, 5.74) is 1.44. The van der Waals surface area contributed by atoms with Crippen LogP contribution in [-0.4, -0.2) is 31.2 Å². The predicted molar refractivity (Wildman–Crippen MR) is 55.1 cm³/mol. The van der Waals surface area contributed by atoms with Gasteiger partial charge in [-0.2, -0.15) is 11.3 Å². The van der Waals surface area contributed by atoms with Crippen LogP contribution in [0.1, 0.15) is 18.5 Å². The summed E-state index contributed by atoms with van der Waals surface area (Å²) in [5.74, 6) is 0. The highest BCUT2D eigenvalue weighted by Crippen LogP contribution is 2.22. The fraction of sp³-hybridized carbons (Fsp3) is 0.600. The summed E-state index contributed by atoms with van der Waals surface area (Å²) >= 11 is 1.77. The second-order valence-corrected chi connectivity index (χ2v) is 4.16. The number of thiophene rings is 1. The molecule has 0 aliphatic carbocycles. The Bertz CT molecular complexity index is 241. The molecule has 2 nitrogen and oxygen atoms in total. The van der Waals surface area contributed by atoms with E-state index in [1.54, 1.807) is 11.3 Å². The van der Waals surface area contributed by atoms with Gasteiger partial charge in [0.15, 0.2) is 0 Å². The van der Waals surface area contributed by atoms with Crippen molar-refractivity contribution in [2.45, 2.75) is 13.0 Å². The van der Waals surface area contributed by atoms with Crippen LogP contribution >= 0.6 is 11.3 Å². The SMILES string of the molecule is C[C@H](c1ccsc1)N1CCOCC1. The molecule has 0 aromatic carbocycles. The van der Waals surface area contributed by atoms with Crippen LogP contribution in [0.25, 0.3) is 0 Å². The average molecular weight is 197 g/mol. The molecule has 0 unspecified atom stereocenters. The van der Waals surface area contributed by atoms with Crippen LogP contribution in [0.2, 0.25) is 0 Å². The molecule has 13 heavy (non-hydrogen) atoms. The van der Waals surface area contributed by atoms with Gasteiger partial charge >= 0.3 is 0 Å². The molecule has 2 rings (SSSR count). The molecule has 1 fully saturated rings. The lowest BCUT2D eigenvalue weighted by Gasteiger charge is -2.31. The van der Waals surface area contributed by atoms with Gasteiger partial charge in [0.1, 0.15) is 0 Å². The molecule has 0 spiro atoms. The van der Waals surface area contributed by atoms with E-state index in [-0.39, 0.29) is 0 Å². The van der Waals surface area contributed by atoms with Crippen molar-refractivity contribution in [3.63, 3.8) is 0 Å². The first-order chi connectivity index (χ1) is 6.38. The lowest BCUT2D eigenvalue weighted by molar-refractivity contribution is 0.0199. The van der Waals surface area contributed by atoms with Crippen LogP contribution in [0.3, 0.4) is 0 Å². The van der Waals surface area contributed by atoms with Gasteiger partial charge in [-0.25, -0.2) is 0 Å². The van der Waals surface area contributed by atoms with E-state index >= 15 is 0 Å². The van der Waals surface area contributed by atoms with Crippen molar-refractivity contribution in [1.82, 2.24) is 4.90 Å². The molecular formula is C10H15NOS. The minimum absolute atomic E-state index is 0.551. The number of morpholine rings is 1. The van der Waals surface area contributed by atoms with E-state index in [4.69, 9.17) is 4.74 Å². The highest BCUT2D eigenvalue weighted by molar-refractivity contribution is 7.07. The second kappa shape index (κ2) is 4.22. The summed E-state index contributed by atoms with van der Waals surface area (Å²) in [4.78, 5) is 2.48. The minimum atomic E-state index is 0.551. The van der Waals surface area contributed by atoms with Crippen LogP contribution in [0.4, 0.5) is 0 Å². The number of ether oxygens (including phenoxy) is 1. The molecule has 0 radical (unpaired) electrons. The van der Waals surface area contributed by atoms with Crippen LogP contribution < -0.4 is 0 Å². The van der Waals surface area contributed by atoms with Crippen molar-refractivity contribution in [2.75, 3.05) is 26.3 Å². The standard InChI is InChI=1S/C10H15NOS/c1-9(10-2-7-13-8-10)11-3-5-12-6-4-11/h2,7-9H,3-6H2,1H3/t9-/m1/s1. The quantitative estimate of drug-likeness (QED) is 0.720. The summed E-state index contributed by atoms with van der Waals surface area (Å²) < 4.78 is 5.33. The summed E-state index contributed by atoms with van der Waals surface area (Å²) in [6.45, 7) is 6.17. The lowest BCUT2D eigenvalue weighted by atomic mass is 10.1. The van der Waals surface area contributed by atoms with Gasteiger partial charge in [0.2, 0.25) is 0 Å². The Hall–Kier alpha value is -0.380. The van der Waals surface area contributed by atoms with E-state index in [2.05, 4.69) is 28.7 Å². The molecule has 1 saturated heterocycles. The van der Waals surface area contributed by atoms with Gasteiger partial charge < -0.3 is 4.74 Å². The highest BCUT2D eigenvalue weighted by atomic mass is 32.1. The third kappa shape index (κ3) is 2.10. The van der Waals surface area contributed by atoms with Gasteiger partial charge in [-0.05, 0) is 29.3 Å². The fourth-order valence-electron chi connectivity index (χ4n) is 1.69. The van der Waals surface area contributed by atoms with Crippen molar-refractivity contribution < 1.29 is 4.74 Å². The third-order valence-electron chi connectivity index (χ3n) is 2.62. The smallest absolute Gasteiger partial charge is 0.0594 e. The normalized spacial score (nSPS) is 21.6. The maximum absolute atomic E-state index is 5.33. The first-order valence-electron chi connectivity index (χ1n) is 4.72. The number of hydrogen-bond acceptors (Lipinski definition) is 3. The van der Waals surface area contributed by atoms with E-state index in [0.717, 1.165) is 26.3 Å². The van der Waals surface area contributed by atoms with Crippen LogP contribution in [-0.2, 0) is 4.74 Å². The van der Waals surface area contributed by atoms with E-state index in [1.807, 2.05) is 0 Å². The Morgan fingerprint density at radius 2 is 2.23 bits per heavy atom. The molecule has 0 saturated carbocycles. The van der Waals surface area contributed by atoms with E-state index in [1.165, 1.54) is 5.56 Å². The van der Waals surface area contributed by atoms with Crippen molar-refractivity contribution in [2.24, 2.45) is 0 Å². The Morgan fingerprint density at radius 1 is 1.46 bits per heavy atom. The molecule has 1 aromatic rings. The Kier molecular flexibility index (Phi) is 2.98. The van der Waals surface area contributed by atoms with Crippen molar-refractivity contribution >= 4 is 11.3 Å². The number of hydrogen-bond donors (Lipinski definition) is 0. The molecule has 1 aromatic heterocycles. The Balaban J connectivity index is 1.99. The summed E-state index contributed by atoms with van der Waals surface area (Å²) in [5, 5.41) is 4.38. The van der Waals surface area contributed by atoms with E-state index < -0.39 is 0 Å². The van der Waals surface area contributed by atoms with Crippen molar-refractivity contribution in [3.05, 3.63) is 22.4 Å². The van der Waals surface area contributed by atoms with Crippen LogP contribution in [0.15, 0.2) is 16.8 Å². The monoisotopic (exact) mass is 197 g/mol. The molecule has 2 heterocycles. The second-order valence-electron chi connectivity index (χ2n) is 3.38. The Morgan fingerprint density at radius 3 is 2.85 bits per heavy atom. The van der Waals surface area contributed by atoms with Crippen LogP contribution in [0, 0.1) is 0 Å². The van der Waals surface area contributed by atoms with Crippen molar-refractivity contribution in [1.29, 1.82) is 0 Å². The molecule has 0 amide bonds. The summed E-state index contributed by atoms with van der Waals surface area (Å²) in [6.07, 6.45) is 0. The first kappa shape index (κ1) is 9.19. The zero-order valence-electron chi connectivity index (χ0n) is 7.90.